The van der Waals surface area contributed by atoms with E-state index in [0.29, 0.717) is 6.04 Å². The smallest absolute Gasteiger partial charge is 0.0351 e. The van der Waals surface area contributed by atoms with Gasteiger partial charge in [0.1, 0.15) is 0 Å². The molecule has 0 spiro atoms. The second kappa shape index (κ2) is 8.33. The standard InChI is InChI=1S/C19H30BrN/c1-4-12-21-19(16-9-6-8-15(5-2)13-16)17-10-7-11-18(20)14(17)3/h7,10-11,15-16,19,21H,4-6,8-9,12-13H2,1-3H3. The third-order valence-electron chi connectivity index (χ3n) is 5.13. The molecule has 0 radical (unpaired) electrons. The average molecular weight is 352 g/mol. The van der Waals surface area contributed by atoms with E-state index in [4.69, 9.17) is 0 Å². The zero-order valence-corrected chi connectivity index (χ0v) is 15.4. The molecule has 2 rings (SSSR count). The zero-order chi connectivity index (χ0) is 15.2. The SMILES string of the molecule is CCCNC(c1cccc(Br)c1C)C1CCCC(CC)C1. The molecular weight excluding hydrogens is 322 g/mol. The topological polar surface area (TPSA) is 12.0 Å². The van der Waals surface area contributed by atoms with E-state index in [1.807, 2.05) is 0 Å². The fourth-order valence-corrected chi connectivity index (χ4v) is 4.18. The Morgan fingerprint density at radius 3 is 2.81 bits per heavy atom. The van der Waals surface area contributed by atoms with Gasteiger partial charge in [-0.1, -0.05) is 61.2 Å². The number of halogens is 1. The fourth-order valence-electron chi connectivity index (χ4n) is 3.80. The zero-order valence-electron chi connectivity index (χ0n) is 13.8. The van der Waals surface area contributed by atoms with Gasteiger partial charge in [0.15, 0.2) is 0 Å². The largest absolute Gasteiger partial charge is 0.310 e. The molecule has 1 saturated carbocycles. The van der Waals surface area contributed by atoms with Gasteiger partial charge in [0, 0.05) is 10.5 Å². The Hall–Kier alpha value is -0.340. The summed E-state index contributed by atoms with van der Waals surface area (Å²) in [6.07, 6.45) is 8.15. The van der Waals surface area contributed by atoms with Crippen molar-refractivity contribution in [2.45, 2.75) is 65.3 Å². The van der Waals surface area contributed by atoms with Crippen molar-refractivity contribution in [1.29, 1.82) is 0 Å². The Kier molecular flexibility index (Phi) is 6.75. The van der Waals surface area contributed by atoms with E-state index in [9.17, 15) is 0 Å². The third-order valence-corrected chi connectivity index (χ3v) is 5.99. The van der Waals surface area contributed by atoms with Gasteiger partial charge in [-0.3, -0.25) is 0 Å². The van der Waals surface area contributed by atoms with Crippen LogP contribution in [-0.2, 0) is 0 Å². The summed E-state index contributed by atoms with van der Waals surface area (Å²) in [6.45, 7) is 7.98. The lowest BCUT2D eigenvalue weighted by atomic mass is 9.74. The number of nitrogens with one attached hydrogen (secondary N) is 1. The van der Waals surface area contributed by atoms with Crippen molar-refractivity contribution in [3.63, 3.8) is 0 Å². The molecule has 21 heavy (non-hydrogen) atoms. The van der Waals surface area contributed by atoms with Crippen LogP contribution in [0.1, 0.15) is 69.5 Å². The Bertz CT molecular complexity index is 443. The molecule has 0 aliphatic heterocycles. The quantitative estimate of drug-likeness (QED) is 0.661. The molecule has 2 heteroatoms. The van der Waals surface area contributed by atoms with Gasteiger partial charge < -0.3 is 5.32 Å². The van der Waals surface area contributed by atoms with Crippen LogP contribution in [0, 0.1) is 18.8 Å². The molecule has 1 nitrogen and oxygen atoms in total. The molecule has 1 N–H and O–H groups in total. The van der Waals surface area contributed by atoms with Crippen LogP contribution in [-0.4, -0.2) is 6.54 Å². The molecule has 0 heterocycles. The summed E-state index contributed by atoms with van der Waals surface area (Å²) in [5, 5.41) is 3.85. The van der Waals surface area contributed by atoms with Crippen molar-refractivity contribution in [3.05, 3.63) is 33.8 Å². The molecule has 0 amide bonds. The molecule has 0 aromatic heterocycles. The molecule has 118 valence electrons. The van der Waals surface area contributed by atoms with Crippen LogP contribution in [0.15, 0.2) is 22.7 Å². The highest BCUT2D eigenvalue weighted by Crippen LogP contribution is 2.40. The summed E-state index contributed by atoms with van der Waals surface area (Å²) < 4.78 is 1.24. The highest BCUT2D eigenvalue weighted by atomic mass is 79.9. The predicted octanol–water partition coefficient (Wildman–Crippen LogP) is 6.01. The highest BCUT2D eigenvalue weighted by molar-refractivity contribution is 9.10. The lowest BCUT2D eigenvalue weighted by Crippen LogP contribution is -2.32. The van der Waals surface area contributed by atoms with Gasteiger partial charge in [-0.15, -0.1) is 0 Å². The Balaban J connectivity index is 2.23. The minimum atomic E-state index is 0.525. The minimum Gasteiger partial charge on any atom is -0.310 e. The monoisotopic (exact) mass is 351 g/mol. The lowest BCUT2D eigenvalue weighted by Gasteiger charge is -2.36. The molecule has 1 fully saturated rings. The first kappa shape index (κ1) is 17.0. The van der Waals surface area contributed by atoms with Gasteiger partial charge in [-0.2, -0.15) is 0 Å². The van der Waals surface area contributed by atoms with Gasteiger partial charge in [-0.05, 0) is 61.8 Å². The third kappa shape index (κ3) is 4.32. The van der Waals surface area contributed by atoms with Crippen molar-refractivity contribution < 1.29 is 0 Å². The van der Waals surface area contributed by atoms with Gasteiger partial charge in [0.25, 0.3) is 0 Å². The molecular formula is C19H30BrN. The molecule has 1 aromatic rings. The van der Waals surface area contributed by atoms with E-state index in [-0.39, 0.29) is 0 Å². The minimum absolute atomic E-state index is 0.525. The maximum absolute atomic E-state index is 3.85. The summed E-state index contributed by atoms with van der Waals surface area (Å²) >= 11 is 3.70. The van der Waals surface area contributed by atoms with Crippen LogP contribution in [0.2, 0.25) is 0 Å². The van der Waals surface area contributed by atoms with Crippen molar-refractivity contribution in [2.24, 2.45) is 11.8 Å². The summed E-state index contributed by atoms with van der Waals surface area (Å²) in [6, 6.07) is 7.19. The maximum Gasteiger partial charge on any atom is 0.0351 e. The Morgan fingerprint density at radius 1 is 1.29 bits per heavy atom. The summed E-state index contributed by atoms with van der Waals surface area (Å²) in [7, 11) is 0. The maximum atomic E-state index is 3.85. The number of hydrogen-bond donors (Lipinski definition) is 1. The molecule has 3 unspecified atom stereocenters. The van der Waals surface area contributed by atoms with Crippen LogP contribution in [0.3, 0.4) is 0 Å². The van der Waals surface area contributed by atoms with Gasteiger partial charge >= 0.3 is 0 Å². The first-order chi connectivity index (χ1) is 10.2. The molecule has 0 saturated heterocycles. The van der Waals surface area contributed by atoms with E-state index in [1.54, 1.807) is 0 Å². The van der Waals surface area contributed by atoms with Crippen LogP contribution in [0.5, 0.6) is 0 Å². The van der Waals surface area contributed by atoms with Crippen molar-refractivity contribution in [3.8, 4) is 0 Å². The van der Waals surface area contributed by atoms with Crippen molar-refractivity contribution in [2.75, 3.05) is 6.54 Å². The van der Waals surface area contributed by atoms with Crippen LogP contribution < -0.4 is 5.32 Å². The Labute approximate surface area is 139 Å². The molecule has 0 bridgehead atoms. The van der Waals surface area contributed by atoms with E-state index in [1.165, 1.54) is 54.1 Å². The van der Waals surface area contributed by atoms with Gasteiger partial charge in [-0.25, -0.2) is 0 Å². The molecule has 1 aromatic carbocycles. The first-order valence-corrected chi connectivity index (χ1v) is 9.45. The van der Waals surface area contributed by atoms with Gasteiger partial charge in [0.2, 0.25) is 0 Å². The number of hydrogen-bond acceptors (Lipinski definition) is 1. The van der Waals surface area contributed by atoms with Crippen LogP contribution >= 0.6 is 15.9 Å². The average Bonchev–Trinajstić information content (AvgIpc) is 2.52. The van der Waals surface area contributed by atoms with E-state index in [2.05, 4.69) is 60.2 Å². The van der Waals surface area contributed by atoms with Crippen LogP contribution in [0.4, 0.5) is 0 Å². The summed E-state index contributed by atoms with van der Waals surface area (Å²) in [5.74, 6) is 1.73. The second-order valence-electron chi connectivity index (χ2n) is 6.59. The lowest BCUT2D eigenvalue weighted by molar-refractivity contribution is 0.209. The van der Waals surface area contributed by atoms with Crippen LogP contribution in [0.25, 0.3) is 0 Å². The molecule has 1 aliphatic rings. The second-order valence-corrected chi connectivity index (χ2v) is 7.44. The normalized spacial score (nSPS) is 24.0. The van der Waals surface area contributed by atoms with Crippen molar-refractivity contribution >= 4 is 15.9 Å². The highest BCUT2D eigenvalue weighted by Gasteiger charge is 2.29. The number of rotatable bonds is 6. The molecule has 3 atom stereocenters. The van der Waals surface area contributed by atoms with E-state index < -0.39 is 0 Å². The van der Waals surface area contributed by atoms with E-state index in [0.717, 1.165) is 18.4 Å². The summed E-state index contributed by atoms with van der Waals surface area (Å²) in [5.41, 5.74) is 2.91. The van der Waals surface area contributed by atoms with Gasteiger partial charge in [0.05, 0.1) is 0 Å². The fraction of sp³-hybridized carbons (Fsp3) is 0.684. The first-order valence-electron chi connectivity index (χ1n) is 8.65. The Morgan fingerprint density at radius 2 is 2.10 bits per heavy atom. The van der Waals surface area contributed by atoms with E-state index >= 15 is 0 Å². The number of benzene rings is 1. The summed E-state index contributed by atoms with van der Waals surface area (Å²) in [4.78, 5) is 0. The predicted molar refractivity (Wildman–Crippen MR) is 95.7 cm³/mol. The molecule has 1 aliphatic carbocycles. The van der Waals surface area contributed by atoms with Crippen molar-refractivity contribution in [1.82, 2.24) is 5.32 Å².